The second-order valence-corrected chi connectivity index (χ2v) is 7.98. The molecule has 0 aromatic heterocycles. The number of carbonyl (C=O) groups is 2. The first-order chi connectivity index (χ1) is 14.1. The van der Waals surface area contributed by atoms with Crippen LogP contribution in [0.15, 0.2) is 60.7 Å². The molecule has 3 N–H and O–H groups in total. The van der Waals surface area contributed by atoms with Crippen molar-refractivity contribution in [3.05, 3.63) is 66.2 Å². The van der Waals surface area contributed by atoms with Crippen LogP contribution in [0.25, 0.3) is 0 Å². The fourth-order valence-corrected chi connectivity index (χ4v) is 4.37. The highest BCUT2D eigenvalue weighted by atomic mass is 16.2. The van der Waals surface area contributed by atoms with Crippen molar-refractivity contribution in [2.45, 2.75) is 24.8 Å². The van der Waals surface area contributed by atoms with E-state index in [9.17, 15) is 9.59 Å². The third kappa shape index (κ3) is 4.43. The molecule has 6 heteroatoms. The number of anilines is 1. The average molecular weight is 393 g/mol. The summed E-state index contributed by atoms with van der Waals surface area (Å²) in [6.45, 7) is 2.47. The van der Waals surface area contributed by atoms with E-state index in [4.69, 9.17) is 5.73 Å². The van der Waals surface area contributed by atoms with E-state index in [2.05, 4.69) is 17.4 Å². The Hall–Kier alpha value is -2.86. The molecular formula is C23H28N4O2. The van der Waals surface area contributed by atoms with E-state index in [1.807, 2.05) is 53.4 Å². The molecule has 0 unspecified atom stereocenters. The van der Waals surface area contributed by atoms with Crippen LogP contribution >= 0.6 is 0 Å². The Labute approximate surface area is 171 Å². The molecule has 0 aliphatic carbocycles. The third-order valence-electron chi connectivity index (χ3n) is 6.06. The second-order valence-electron chi connectivity index (χ2n) is 7.98. The Balaban J connectivity index is 1.30. The van der Waals surface area contributed by atoms with E-state index in [0.29, 0.717) is 39.0 Å². The largest absolute Gasteiger partial charge is 0.340 e. The van der Waals surface area contributed by atoms with Gasteiger partial charge in [-0.3, -0.25) is 4.79 Å². The Morgan fingerprint density at radius 2 is 1.48 bits per heavy atom. The van der Waals surface area contributed by atoms with Crippen molar-refractivity contribution in [3.8, 4) is 0 Å². The molecule has 0 spiro atoms. The zero-order valence-corrected chi connectivity index (χ0v) is 16.5. The van der Waals surface area contributed by atoms with E-state index in [1.165, 1.54) is 5.56 Å². The number of para-hydroxylation sites is 1. The molecule has 2 heterocycles. The summed E-state index contributed by atoms with van der Waals surface area (Å²) in [7, 11) is 0. The summed E-state index contributed by atoms with van der Waals surface area (Å²) in [6, 6.07) is 19.5. The quantitative estimate of drug-likeness (QED) is 0.843. The minimum atomic E-state index is -0.102. The lowest BCUT2D eigenvalue weighted by molar-refractivity contribution is -0.135. The van der Waals surface area contributed by atoms with Crippen molar-refractivity contribution >= 4 is 17.6 Å². The number of amides is 3. The number of piperidine rings is 1. The fraction of sp³-hybridized carbons (Fsp3) is 0.391. The van der Waals surface area contributed by atoms with Gasteiger partial charge >= 0.3 is 6.03 Å². The molecule has 2 aliphatic rings. The summed E-state index contributed by atoms with van der Waals surface area (Å²) in [5, 5.41) is 2.92. The summed E-state index contributed by atoms with van der Waals surface area (Å²) in [4.78, 5) is 29.2. The van der Waals surface area contributed by atoms with Gasteiger partial charge in [-0.25, -0.2) is 4.79 Å². The van der Waals surface area contributed by atoms with Crippen LogP contribution in [0, 0.1) is 5.92 Å². The van der Waals surface area contributed by atoms with Crippen LogP contribution in [-0.4, -0.2) is 54.0 Å². The molecule has 3 amide bonds. The zero-order valence-electron chi connectivity index (χ0n) is 16.5. The number of rotatable bonds is 3. The van der Waals surface area contributed by atoms with Gasteiger partial charge in [0.25, 0.3) is 0 Å². The van der Waals surface area contributed by atoms with Crippen molar-refractivity contribution < 1.29 is 9.59 Å². The van der Waals surface area contributed by atoms with E-state index < -0.39 is 0 Å². The van der Waals surface area contributed by atoms with Crippen LogP contribution in [0.5, 0.6) is 0 Å². The Morgan fingerprint density at radius 1 is 0.862 bits per heavy atom. The minimum absolute atomic E-state index is 0.0295. The topological polar surface area (TPSA) is 78.7 Å². The highest BCUT2D eigenvalue weighted by molar-refractivity contribution is 5.89. The van der Waals surface area contributed by atoms with Crippen molar-refractivity contribution in [3.63, 3.8) is 0 Å². The molecule has 29 heavy (non-hydrogen) atoms. The number of urea groups is 1. The van der Waals surface area contributed by atoms with Crippen LogP contribution in [0.2, 0.25) is 0 Å². The SMILES string of the molecule is N[C@@H]1CN(C(=O)C2CCN(C(=O)Nc3ccccc3)CC2)C[C@H]1c1ccccc1. The van der Waals surface area contributed by atoms with Gasteiger partial charge in [-0.2, -0.15) is 0 Å². The maximum Gasteiger partial charge on any atom is 0.321 e. The molecule has 2 fully saturated rings. The number of hydrogen-bond donors (Lipinski definition) is 2. The van der Waals surface area contributed by atoms with Crippen molar-refractivity contribution in [1.82, 2.24) is 9.80 Å². The number of hydrogen-bond acceptors (Lipinski definition) is 3. The highest BCUT2D eigenvalue weighted by Crippen LogP contribution is 2.29. The van der Waals surface area contributed by atoms with Crippen molar-refractivity contribution in [2.75, 3.05) is 31.5 Å². The van der Waals surface area contributed by atoms with Gasteiger partial charge in [-0.05, 0) is 30.5 Å². The molecule has 152 valence electrons. The monoisotopic (exact) mass is 392 g/mol. The first-order valence-corrected chi connectivity index (χ1v) is 10.3. The Kier molecular flexibility index (Phi) is 5.81. The number of nitrogens with two attached hydrogens (primary N) is 1. The lowest BCUT2D eigenvalue weighted by atomic mass is 9.94. The zero-order chi connectivity index (χ0) is 20.2. The average Bonchev–Trinajstić information content (AvgIpc) is 3.16. The smallest absolute Gasteiger partial charge is 0.321 e. The van der Waals surface area contributed by atoms with E-state index >= 15 is 0 Å². The fourth-order valence-electron chi connectivity index (χ4n) is 4.37. The number of benzene rings is 2. The van der Waals surface area contributed by atoms with Crippen LogP contribution in [-0.2, 0) is 4.79 Å². The maximum atomic E-state index is 13.0. The van der Waals surface area contributed by atoms with Crippen molar-refractivity contribution in [1.29, 1.82) is 0 Å². The maximum absolute atomic E-state index is 13.0. The van der Waals surface area contributed by atoms with E-state index in [0.717, 1.165) is 5.69 Å². The Bertz CT molecular complexity index is 834. The molecule has 0 bridgehead atoms. The van der Waals surface area contributed by atoms with Crippen LogP contribution < -0.4 is 11.1 Å². The molecule has 2 atom stereocenters. The van der Waals surface area contributed by atoms with Gasteiger partial charge in [-0.15, -0.1) is 0 Å². The van der Waals surface area contributed by atoms with Gasteiger partial charge in [0.15, 0.2) is 0 Å². The molecule has 0 radical (unpaired) electrons. The van der Waals surface area contributed by atoms with Gasteiger partial charge in [0, 0.05) is 49.7 Å². The van der Waals surface area contributed by atoms with Crippen LogP contribution in [0.1, 0.15) is 24.3 Å². The summed E-state index contributed by atoms with van der Waals surface area (Å²) in [6.07, 6.45) is 1.39. The number of nitrogens with one attached hydrogen (secondary N) is 1. The molecule has 2 saturated heterocycles. The van der Waals surface area contributed by atoms with Gasteiger partial charge in [-0.1, -0.05) is 48.5 Å². The summed E-state index contributed by atoms with van der Waals surface area (Å²) in [5.41, 5.74) is 8.33. The number of likely N-dealkylation sites (tertiary alicyclic amines) is 2. The number of carbonyl (C=O) groups excluding carboxylic acids is 2. The predicted molar refractivity (Wildman–Crippen MR) is 113 cm³/mol. The molecule has 4 rings (SSSR count). The minimum Gasteiger partial charge on any atom is -0.340 e. The van der Waals surface area contributed by atoms with Gasteiger partial charge in [0.2, 0.25) is 5.91 Å². The summed E-state index contributed by atoms with van der Waals surface area (Å²) >= 11 is 0. The third-order valence-corrected chi connectivity index (χ3v) is 6.06. The van der Waals surface area contributed by atoms with Crippen LogP contribution in [0.3, 0.4) is 0 Å². The second kappa shape index (κ2) is 8.66. The molecule has 2 aromatic carbocycles. The molecule has 2 aromatic rings. The molecule has 6 nitrogen and oxygen atoms in total. The lowest BCUT2D eigenvalue weighted by Crippen LogP contribution is -2.45. The van der Waals surface area contributed by atoms with Gasteiger partial charge in [0.05, 0.1) is 0 Å². The molecular weight excluding hydrogens is 364 g/mol. The normalized spacial score (nSPS) is 22.5. The van der Waals surface area contributed by atoms with E-state index in [1.54, 1.807) is 4.90 Å². The van der Waals surface area contributed by atoms with Crippen LogP contribution in [0.4, 0.5) is 10.5 Å². The lowest BCUT2D eigenvalue weighted by Gasteiger charge is -2.33. The standard InChI is InChI=1S/C23H28N4O2/c24-21-16-27(15-20(21)17-7-3-1-4-8-17)22(28)18-11-13-26(14-12-18)23(29)25-19-9-5-2-6-10-19/h1-10,18,20-21H,11-16,24H2,(H,25,29)/t20-,21+/m0/s1. The first kappa shape index (κ1) is 19.5. The van der Waals surface area contributed by atoms with Gasteiger partial charge in [0.1, 0.15) is 0 Å². The summed E-state index contributed by atoms with van der Waals surface area (Å²) < 4.78 is 0. The molecule has 2 aliphatic heterocycles. The Morgan fingerprint density at radius 3 is 2.14 bits per heavy atom. The summed E-state index contributed by atoms with van der Waals surface area (Å²) in [5.74, 6) is 0.344. The highest BCUT2D eigenvalue weighted by Gasteiger charge is 2.37. The predicted octanol–water partition coefficient (Wildman–Crippen LogP) is 2.88. The van der Waals surface area contributed by atoms with E-state index in [-0.39, 0.29) is 29.8 Å². The number of nitrogens with zero attached hydrogens (tertiary/aromatic N) is 2. The van der Waals surface area contributed by atoms with Gasteiger partial charge < -0.3 is 20.9 Å². The van der Waals surface area contributed by atoms with Crippen molar-refractivity contribution in [2.24, 2.45) is 11.7 Å². The first-order valence-electron chi connectivity index (χ1n) is 10.3. The molecule has 0 saturated carbocycles.